The van der Waals surface area contributed by atoms with Gasteiger partial charge in [0.1, 0.15) is 0 Å². The third-order valence-corrected chi connectivity index (χ3v) is 2.44. The molecule has 11 heavy (non-hydrogen) atoms. The Kier molecular flexibility index (Phi) is 3.87. The lowest BCUT2D eigenvalue weighted by Crippen LogP contribution is -2.23. The summed E-state index contributed by atoms with van der Waals surface area (Å²) in [6, 6.07) is 0.489. The summed E-state index contributed by atoms with van der Waals surface area (Å²) in [4.78, 5) is 0. The monoisotopic (exact) mass is 156 g/mol. The highest BCUT2D eigenvalue weighted by atomic mass is 14.9. The predicted molar refractivity (Wildman–Crippen MR) is 48.5 cm³/mol. The molecular formula is C9H20N2. The van der Waals surface area contributed by atoms with Gasteiger partial charge in [-0.1, -0.05) is 6.92 Å². The van der Waals surface area contributed by atoms with E-state index in [9.17, 15) is 0 Å². The Balaban J connectivity index is 1.99. The summed E-state index contributed by atoms with van der Waals surface area (Å²) in [6.07, 6.45) is 5.03. The number of nitrogens with one attached hydrogen (secondary N) is 1. The Hall–Kier alpha value is -0.0800. The summed E-state index contributed by atoms with van der Waals surface area (Å²) in [5.41, 5.74) is 5.80. The van der Waals surface area contributed by atoms with Gasteiger partial charge in [-0.2, -0.15) is 0 Å². The molecule has 1 rings (SSSR count). The second-order valence-electron chi connectivity index (χ2n) is 3.64. The van der Waals surface area contributed by atoms with Gasteiger partial charge in [0.05, 0.1) is 0 Å². The molecule has 2 heteroatoms. The Morgan fingerprint density at radius 2 is 2.27 bits per heavy atom. The fourth-order valence-corrected chi connectivity index (χ4v) is 1.78. The fraction of sp³-hybridized carbons (Fsp3) is 1.00. The average molecular weight is 156 g/mol. The lowest BCUT2D eigenvalue weighted by Gasteiger charge is -2.09. The molecule has 0 bridgehead atoms. The van der Waals surface area contributed by atoms with Gasteiger partial charge < -0.3 is 11.1 Å². The van der Waals surface area contributed by atoms with Crippen molar-refractivity contribution in [3.8, 4) is 0 Å². The van der Waals surface area contributed by atoms with Gasteiger partial charge in [-0.3, -0.25) is 0 Å². The van der Waals surface area contributed by atoms with Crippen molar-refractivity contribution in [1.82, 2.24) is 5.32 Å². The van der Waals surface area contributed by atoms with Crippen LogP contribution in [-0.2, 0) is 0 Å². The van der Waals surface area contributed by atoms with Crippen LogP contribution in [0, 0.1) is 5.92 Å². The van der Waals surface area contributed by atoms with E-state index in [-0.39, 0.29) is 0 Å². The number of hydrogen-bond donors (Lipinski definition) is 2. The lowest BCUT2D eigenvalue weighted by atomic mass is 10.1. The topological polar surface area (TPSA) is 38.0 Å². The van der Waals surface area contributed by atoms with Crippen LogP contribution in [0.15, 0.2) is 0 Å². The summed E-state index contributed by atoms with van der Waals surface area (Å²) >= 11 is 0. The van der Waals surface area contributed by atoms with Crippen LogP contribution in [0.25, 0.3) is 0 Å². The average Bonchev–Trinajstić information content (AvgIpc) is 2.37. The Bertz CT molecular complexity index is 104. The molecule has 0 saturated heterocycles. The number of hydrogen-bond acceptors (Lipinski definition) is 2. The molecular weight excluding hydrogens is 136 g/mol. The molecule has 0 spiro atoms. The van der Waals surface area contributed by atoms with E-state index in [1.165, 1.54) is 32.2 Å². The maximum atomic E-state index is 5.80. The van der Waals surface area contributed by atoms with Gasteiger partial charge in [0.15, 0.2) is 0 Å². The van der Waals surface area contributed by atoms with Crippen LogP contribution in [0.1, 0.15) is 32.6 Å². The molecule has 0 radical (unpaired) electrons. The Morgan fingerprint density at radius 3 is 2.82 bits per heavy atom. The minimum Gasteiger partial charge on any atom is -0.328 e. The van der Waals surface area contributed by atoms with E-state index in [1.807, 2.05) is 0 Å². The quantitative estimate of drug-likeness (QED) is 0.598. The first-order valence-corrected chi connectivity index (χ1v) is 4.79. The molecule has 1 aliphatic carbocycles. The standard InChI is InChI=1S/C9H20N2/c1-2-5-11-7-8-3-4-9(10)6-8/h8-9,11H,2-7,10H2,1H3/t8-,9+/m1/s1. The second kappa shape index (κ2) is 4.73. The first-order valence-electron chi connectivity index (χ1n) is 4.79. The van der Waals surface area contributed by atoms with Crippen LogP contribution in [0.5, 0.6) is 0 Å². The normalized spacial score (nSPS) is 31.1. The molecule has 1 saturated carbocycles. The Labute approximate surface area is 69.5 Å². The fourth-order valence-electron chi connectivity index (χ4n) is 1.78. The first kappa shape index (κ1) is 9.01. The van der Waals surface area contributed by atoms with Crippen molar-refractivity contribution in [2.24, 2.45) is 11.7 Å². The van der Waals surface area contributed by atoms with Gasteiger partial charge >= 0.3 is 0 Å². The molecule has 0 heterocycles. The summed E-state index contributed by atoms with van der Waals surface area (Å²) in [6.45, 7) is 4.54. The summed E-state index contributed by atoms with van der Waals surface area (Å²) in [7, 11) is 0. The Morgan fingerprint density at radius 1 is 1.45 bits per heavy atom. The molecule has 0 aromatic heterocycles. The third kappa shape index (κ3) is 3.21. The van der Waals surface area contributed by atoms with Crippen LogP contribution in [-0.4, -0.2) is 19.1 Å². The van der Waals surface area contributed by atoms with Crippen molar-refractivity contribution >= 4 is 0 Å². The number of rotatable bonds is 4. The molecule has 66 valence electrons. The molecule has 1 fully saturated rings. The van der Waals surface area contributed by atoms with Crippen molar-refractivity contribution in [2.75, 3.05) is 13.1 Å². The zero-order valence-electron chi connectivity index (χ0n) is 7.47. The summed E-state index contributed by atoms with van der Waals surface area (Å²) in [5.74, 6) is 0.858. The molecule has 3 N–H and O–H groups in total. The molecule has 0 amide bonds. The minimum atomic E-state index is 0.489. The highest BCUT2D eigenvalue weighted by molar-refractivity contribution is 4.78. The minimum absolute atomic E-state index is 0.489. The van der Waals surface area contributed by atoms with Crippen LogP contribution < -0.4 is 11.1 Å². The van der Waals surface area contributed by atoms with Gasteiger partial charge in [-0.05, 0) is 44.7 Å². The predicted octanol–water partition coefficient (Wildman–Crippen LogP) is 1.11. The van der Waals surface area contributed by atoms with Gasteiger partial charge in [0.25, 0.3) is 0 Å². The highest BCUT2D eigenvalue weighted by Gasteiger charge is 2.20. The summed E-state index contributed by atoms with van der Waals surface area (Å²) in [5, 5.41) is 3.44. The lowest BCUT2D eigenvalue weighted by molar-refractivity contribution is 0.483. The first-order chi connectivity index (χ1) is 5.33. The van der Waals surface area contributed by atoms with Crippen molar-refractivity contribution in [3.63, 3.8) is 0 Å². The van der Waals surface area contributed by atoms with E-state index in [2.05, 4.69) is 12.2 Å². The van der Waals surface area contributed by atoms with Gasteiger partial charge in [-0.25, -0.2) is 0 Å². The van der Waals surface area contributed by atoms with E-state index >= 15 is 0 Å². The molecule has 2 nitrogen and oxygen atoms in total. The number of nitrogens with two attached hydrogens (primary N) is 1. The van der Waals surface area contributed by atoms with Crippen LogP contribution in [0.4, 0.5) is 0 Å². The molecule has 0 aromatic carbocycles. The van der Waals surface area contributed by atoms with Crippen LogP contribution in [0.2, 0.25) is 0 Å². The third-order valence-electron chi connectivity index (χ3n) is 2.44. The largest absolute Gasteiger partial charge is 0.328 e. The van der Waals surface area contributed by atoms with Gasteiger partial charge in [0, 0.05) is 6.04 Å². The molecule has 2 atom stereocenters. The SMILES string of the molecule is CCCNC[C@@H]1CC[C@H](N)C1. The molecule has 0 aliphatic heterocycles. The molecule has 0 unspecified atom stereocenters. The van der Waals surface area contributed by atoms with Gasteiger partial charge in [0.2, 0.25) is 0 Å². The van der Waals surface area contributed by atoms with Crippen LogP contribution in [0.3, 0.4) is 0 Å². The zero-order valence-corrected chi connectivity index (χ0v) is 7.47. The van der Waals surface area contributed by atoms with E-state index in [0.717, 1.165) is 12.5 Å². The van der Waals surface area contributed by atoms with Crippen molar-refractivity contribution < 1.29 is 0 Å². The molecule has 1 aliphatic rings. The highest BCUT2D eigenvalue weighted by Crippen LogP contribution is 2.22. The van der Waals surface area contributed by atoms with Crippen LogP contribution >= 0.6 is 0 Å². The van der Waals surface area contributed by atoms with Crippen molar-refractivity contribution in [2.45, 2.75) is 38.6 Å². The maximum absolute atomic E-state index is 5.80. The summed E-state index contributed by atoms with van der Waals surface area (Å²) < 4.78 is 0. The molecule has 0 aromatic rings. The van der Waals surface area contributed by atoms with Crippen molar-refractivity contribution in [1.29, 1.82) is 0 Å². The maximum Gasteiger partial charge on any atom is 0.00420 e. The van der Waals surface area contributed by atoms with E-state index in [1.54, 1.807) is 0 Å². The van der Waals surface area contributed by atoms with Gasteiger partial charge in [-0.15, -0.1) is 0 Å². The van der Waals surface area contributed by atoms with E-state index in [0.29, 0.717) is 6.04 Å². The second-order valence-corrected chi connectivity index (χ2v) is 3.64. The van der Waals surface area contributed by atoms with Crippen molar-refractivity contribution in [3.05, 3.63) is 0 Å². The smallest absolute Gasteiger partial charge is 0.00420 e. The van der Waals surface area contributed by atoms with E-state index in [4.69, 9.17) is 5.73 Å². The van der Waals surface area contributed by atoms with E-state index < -0.39 is 0 Å². The zero-order chi connectivity index (χ0) is 8.10.